The van der Waals surface area contributed by atoms with E-state index in [1.807, 2.05) is 31.2 Å². The minimum Gasteiger partial charge on any atom is -0.481 e. The smallest absolute Gasteiger partial charge is 0.306 e. The normalized spacial score (nSPS) is 13.4. The Morgan fingerprint density at radius 2 is 1.76 bits per heavy atom. The zero-order valence-electron chi connectivity index (χ0n) is 11.2. The Balaban J connectivity index is 2.73. The van der Waals surface area contributed by atoms with Crippen LogP contribution in [0.15, 0.2) is 24.3 Å². The first-order chi connectivity index (χ1) is 7.78. The molecule has 0 aliphatic carbocycles. The number of carbonyl (C=O) groups is 1. The first-order valence-corrected chi connectivity index (χ1v) is 9.77. The fraction of sp³-hybridized carbons (Fsp3) is 0.500. The number of aliphatic carboxylic acids is 1. The van der Waals surface area contributed by atoms with Crippen molar-refractivity contribution in [2.24, 2.45) is 5.92 Å². The number of hydrogen-bond acceptors (Lipinski definition) is 1. The highest BCUT2D eigenvalue weighted by atomic mass is 28.3. The summed E-state index contributed by atoms with van der Waals surface area (Å²) in [7, 11) is -1.33. The summed E-state index contributed by atoms with van der Waals surface area (Å²) < 4.78 is 0. The average Bonchev–Trinajstić information content (AvgIpc) is 2.18. The SMILES string of the molecule is Cc1ccc(CC(C[Si](C)(C)C)C(=O)O)cc1. The summed E-state index contributed by atoms with van der Waals surface area (Å²) in [6.07, 6.45) is 0.653. The summed E-state index contributed by atoms with van der Waals surface area (Å²) in [5, 5.41) is 9.27. The van der Waals surface area contributed by atoms with Gasteiger partial charge in [0.1, 0.15) is 0 Å². The molecule has 1 aromatic carbocycles. The maximum Gasteiger partial charge on any atom is 0.306 e. The Bertz CT molecular complexity index is 376. The number of carboxylic acids is 1. The van der Waals surface area contributed by atoms with Gasteiger partial charge in [-0.05, 0) is 25.0 Å². The van der Waals surface area contributed by atoms with Crippen LogP contribution in [0.5, 0.6) is 0 Å². The Labute approximate surface area is 105 Å². The maximum atomic E-state index is 11.3. The van der Waals surface area contributed by atoms with Crippen LogP contribution < -0.4 is 0 Å². The van der Waals surface area contributed by atoms with Crippen molar-refractivity contribution in [2.75, 3.05) is 0 Å². The van der Waals surface area contributed by atoms with Crippen molar-refractivity contribution in [1.82, 2.24) is 0 Å². The van der Waals surface area contributed by atoms with Gasteiger partial charge in [-0.3, -0.25) is 4.79 Å². The summed E-state index contributed by atoms with van der Waals surface area (Å²) in [4.78, 5) is 11.3. The maximum absolute atomic E-state index is 11.3. The predicted molar refractivity (Wildman–Crippen MR) is 74.2 cm³/mol. The molecule has 1 N–H and O–H groups in total. The van der Waals surface area contributed by atoms with Crippen molar-refractivity contribution in [3.63, 3.8) is 0 Å². The van der Waals surface area contributed by atoms with Crippen LogP contribution in [-0.4, -0.2) is 19.1 Å². The highest BCUT2D eigenvalue weighted by Crippen LogP contribution is 2.21. The van der Waals surface area contributed by atoms with E-state index in [9.17, 15) is 9.90 Å². The molecule has 3 heteroatoms. The van der Waals surface area contributed by atoms with Crippen molar-refractivity contribution >= 4 is 14.0 Å². The van der Waals surface area contributed by atoms with Crippen LogP contribution in [0.25, 0.3) is 0 Å². The quantitative estimate of drug-likeness (QED) is 0.811. The van der Waals surface area contributed by atoms with E-state index in [0.29, 0.717) is 6.42 Å². The molecule has 0 aliphatic rings. The van der Waals surface area contributed by atoms with Gasteiger partial charge in [0, 0.05) is 8.07 Å². The van der Waals surface area contributed by atoms with Gasteiger partial charge in [-0.15, -0.1) is 0 Å². The second-order valence-corrected chi connectivity index (χ2v) is 11.5. The standard InChI is InChI=1S/C14H22O2Si/c1-11-5-7-12(8-6-11)9-13(14(15)16)10-17(2,3)4/h5-8,13H,9-10H2,1-4H3,(H,15,16). The molecular formula is C14H22O2Si. The van der Waals surface area contributed by atoms with Crippen molar-refractivity contribution < 1.29 is 9.90 Å². The van der Waals surface area contributed by atoms with Crippen LogP contribution in [0.4, 0.5) is 0 Å². The molecule has 0 bridgehead atoms. The minimum atomic E-state index is -1.33. The molecule has 0 aliphatic heterocycles. The van der Waals surface area contributed by atoms with Gasteiger partial charge in [-0.2, -0.15) is 0 Å². The van der Waals surface area contributed by atoms with Crippen molar-refractivity contribution in [3.8, 4) is 0 Å². The van der Waals surface area contributed by atoms with Crippen LogP contribution in [0.3, 0.4) is 0 Å². The lowest BCUT2D eigenvalue weighted by Crippen LogP contribution is -2.29. The second kappa shape index (κ2) is 5.49. The number of aryl methyl sites for hydroxylation is 1. The molecule has 0 fully saturated rings. The van der Waals surface area contributed by atoms with Crippen LogP contribution >= 0.6 is 0 Å². The van der Waals surface area contributed by atoms with Gasteiger partial charge in [0.15, 0.2) is 0 Å². The zero-order chi connectivity index (χ0) is 13.1. The molecule has 0 radical (unpaired) electrons. The molecule has 1 rings (SSSR count). The number of hydrogen-bond donors (Lipinski definition) is 1. The summed E-state index contributed by atoms with van der Waals surface area (Å²) in [5.74, 6) is -0.891. The molecule has 0 spiro atoms. The molecule has 0 amide bonds. The molecule has 0 saturated carbocycles. The number of carboxylic acid groups (broad SMARTS) is 1. The highest BCUT2D eigenvalue weighted by Gasteiger charge is 2.25. The molecular weight excluding hydrogens is 228 g/mol. The van der Waals surface area contributed by atoms with Gasteiger partial charge in [-0.1, -0.05) is 49.5 Å². The van der Waals surface area contributed by atoms with Crippen LogP contribution in [0.1, 0.15) is 11.1 Å². The van der Waals surface area contributed by atoms with Crippen LogP contribution in [0, 0.1) is 12.8 Å². The Morgan fingerprint density at radius 3 is 2.18 bits per heavy atom. The minimum absolute atomic E-state index is 0.232. The third-order valence-electron chi connectivity index (χ3n) is 2.81. The fourth-order valence-electron chi connectivity index (χ4n) is 1.99. The monoisotopic (exact) mass is 250 g/mol. The molecule has 1 unspecified atom stereocenters. The highest BCUT2D eigenvalue weighted by molar-refractivity contribution is 6.76. The zero-order valence-corrected chi connectivity index (χ0v) is 12.2. The molecule has 1 atom stereocenters. The summed E-state index contributed by atoms with van der Waals surface area (Å²) in [5.41, 5.74) is 2.34. The molecule has 1 aromatic rings. The van der Waals surface area contributed by atoms with E-state index < -0.39 is 14.0 Å². The summed E-state index contributed by atoms with van der Waals surface area (Å²) in [6, 6.07) is 9.01. The van der Waals surface area contributed by atoms with Gasteiger partial charge in [0.25, 0.3) is 0 Å². The van der Waals surface area contributed by atoms with Crippen molar-refractivity contribution in [1.29, 1.82) is 0 Å². The van der Waals surface area contributed by atoms with E-state index in [0.717, 1.165) is 11.6 Å². The van der Waals surface area contributed by atoms with E-state index in [1.165, 1.54) is 5.56 Å². The second-order valence-electron chi connectivity index (χ2n) is 5.99. The summed E-state index contributed by atoms with van der Waals surface area (Å²) >= 11 is 0. The molecule has 94 valence electrons. The predicted octanol–water partition coefficient (Wildman–Crippen LogP) is 3.58. The van der Waals surface area contributed by atoms with Crippen LogP contribution in [-0.2, 0) is 11.2 Å². The number of benzene rings is 1. The Morgan fingerprint density at radius 1 is 1.24 bits per heavy atom. The lowest BCUT2D eigenvalue weighted by atomic mass is 10.0. The topological polar surface area (TPSA) is 37.3 Å². The molecule has 2 nitrogen and oxygen atoms in total. The third kappa shape index (κ3) is 5.17. The van der Waals surface area contributed by atoms with Gasteiger partial charge in [0.05, 0.1) is 5.92 Å². The van der Waals surface area contributed by atoms with E-state index >= 15 is 0 Å². The molecule has 17 heavy (non-hydrogen) atoms. The van der Waals surface area contributed by atoms with Crippen LogP contribution in [0.2, 0.25) is 25.7 Å². The fourth-order valence-corrected chi connectivity index (χ4v) is 3.79. The van der Waals surface area contributed by atoms with Gasteiger partial charge < -0.3 is 5.11 Å². The Kier molecular flexibility index (Phi) is 4.51. The first kappa shape index (κ1) is 14.0. The molecule has 0 aromatic heterocycles. The third-order valence-corrected chi connectivity index (χ3v) is 4.53. The summed E-state index contributed by atoms with van der Waals surface area (Å²) in [6.45, 7) is 8.70. The molecule has 0 heterocycles. The van der Waals surface area contributed by atoms with Crippen molar-refractivity contribution in [3.05, 3.63) is 35.4 Å². The lowest BCUT2D eigenvalue weighted by Gasteiger charge is -2.21. The van der Waals surface area contributed by atoms with E-state index in [4.69, 9.17) is 0 Å². The first-order valence-electron chi connectivity index (χ1n) is 6.06. The average molecular weight is 250 g/mol. The van der Waals surface area contributed by atoms with Gasteiger partial charge >= 0.3 is 5.97 Å². The van der Waals surface area contributed by atoms with Crippen molar-refractivity contribution in [2.45, 2.75) is 39.0 Å². The Hall–Kier alpha value is -1.09. The van der Waals surface area contributed by atoms with E-state index in [2.05, 4.69) is 19.6 Å². The lowest BCUT2D eigenvalue weighted by molar-refractivity contribution is -0.141. The number of rotatable bonds is 5. The largest absolute Gasteiger partial charge is 0.481 e. The molecule has 0 saturated heterocycles. The van der Waals surface area contributed by atoms with Gasteiger partial charge in [0.2, 0.25) is 0 Å². The van der Waals surface area contributed by atoms with E-state index in [1.54, 1.807) is 0 Å². The van der Waals surface area contributed by atoms with Gasteiger partial charge in [-0.25, -0.2) is 0 Å². The van der Waals surface area contributed by atoms with E-state index in [-0.39, 0.29) is 5.92 Å².